The van der Waals surface area contributed by atoms with Gasteiger partial charge in [-0.15, -0.1) is 0 Å². The summed E-state index contributed by atoms with van der Waals surface area (Å²) in [6.07, 6.45) is -0.421. The molecule has 1 atom stereocenters. The molecule has 0 spiro atoms. The second-order valence-corrected chi connectivity index (χ2v) is 7.22. The van der Waals surface area contributed by atoms with Gasteiger partial charge in [-0.1, -0.05) is 12.1 Å². The molecule has 1 unspecified atom stereocenters. The molecule has 25 heavy (non-hydrogen) atoms. The number of carbonyl (C=O) groups is 1. The second kappa shape index (κ2) is 7.12. The molecule has 2 aromatic carbocycles. The van der Waals surface area contributed by atoms with Gasteiger partial charge in [0.25, 0.3) is 5.91 Å². The largest absolute Gasteiger partial charge is 0.486 e. The van der Waals surface area contributed by atoms with Crippen LogP contribution in [0, 0.1) is 0 Å². The first-order chi connectivity index (χ1) is 12.0. The van der Waals surface area contributed by atoms with E-state index in [0.717, 1.165) is 0 Å². The highest BCUT2D eigenvalue weighted by Gasteiger charge is 2.23. The van der Waals surface area contributed by atoms with Gasteiger partial charge in [0.05, 0.1) is 11.4 Å². The summed E-state index contributed by atoms with van der Waals surface area (Å²) in [4.78, 5) is 11.6. The van der Waals surface area contributed by atoms with Crippen molar-refractivity contribution in [2.45, 2.75) is 11.0 Å². The third kappa shape index (κ3) is 3.92. The van der Waals surface area contributed by atoms with Crippen molar-refractivity contribution in [3.05, 3.63) is 54.1 Å². The van der Waals surface area contributed by atoms with E-state index in [4.69, 9.17) is 9.47 Å². The van der Waals surface area contributed by atoms with Crippen molar-refractivity contribution in [3.8, 4) is 11.5 Å². The summed E-state index contributed by atoms with van der Waals surface area (Å²) in [5, 5.41) is 2.48. The third-order valence-electron chi connectivity index (χ3n) is 3.72. The second-order valence-electron chi connectivity index (χ2n) is 5.45. The standard InChI is InChI=1S/C17H18N2O5S/c1-18-17(20)12-6-8-14(9-7-12)25(21,22)19-10-13-11-23-15-4-2-3-5-16(15)24-13/h2-9,13,19H,10-11H2,1H3,(H,18,20). The van der Waals surface area contributed by atoms with Gasteiger partial charge in [-0.05, 0) is 36.4 Å². The molecular weight excluding hydrogens is 344 g/mol. The van der Waals surface area contributed by atoms with E-state index in [9.17, 15) is 13.2 Å². The Hall–Kier alpha value is -2.58. The normalized spacial score (nSPS) is 16.3. The lowest BCUT2D eigenvalue weighted by atomic mass is 10.2. The van der Waals surface area contributed by atoms with Crippen LogP contribution in [0.4, 0.5) is 0 Å². The first kappa shape index (κ1) is 17.2. The van der Waals surface area contributed by atoms with Crippen LogP contribution in [-0.2, 0) is 10.0 Å². The smallest absolute Gasteiger partial charge is 0.251 e. The minimum Gasteiger partial charge on any atom is -0.486 e. The highest BCUT2D eigenvalue weighted by Crippen LogP contribution is 2.30. The van der Waals surface area contributed by atoms with E-state index in [1.165, 1.54) is 31.3 Å². The molecular formula is C17H18N2O5S. The van der Waals surface area contributed by atoms with Gasteiger partial charge < -0.3 is 14.8 Å². The molecule has 7 nitrogen and oxygen atoms in total. The quantitative estimate of drug-likeness (QED) is 0.833. The number of ether oxygens (including phenoxy) is 2. The number of sulfonamides is 1. The first-order valence-corrected chi connectivity index (χ1v) is 9.18. The van der Waals surface area contributed by atoms with E-state index in [1.54, 1.807) is 12.1 Å². The Labute approximate surface area is 146 Å². The van der Waals surface area contributed by atoms with E-state index < -0.39 is 16.1 Å². The van der Waals surface area contributed by atoms with Crippen molar-refractivity contribution in [1.29, 1.82) is 0 Å². The molecule has 1 heterocycles. The Morgan fingerprint density at radius 2 is 1.80 bits per heavy atom. The number of hydrogen-bond acceptors (Lipinski definition) is 5. The zero-order valence-corrected chi connectivity index (χ0v) is 14.4. The summed E-state index contributed by atoms with van der Waals surface area (Å²) >= 11 is 0. The lowest BCUT2D eigenvalue weighted by molar-refractivity contribution is 0.0943. The molecule has 0 saturated carbocycles. The highest BCUT2D eigenvalue weighted by molar-refractivity contribution is 7.89. The van der Waals surface area contributed by atoms with E-state index in [-0.39, 0.29) is 24.0 Å². The predicted octanol–water partition coefficient (Wildman–Crippen LogP) is 1.16. The molecule has 132 valence electrons. The van der Waals surface area contributed by atoms with E-state index in [1.807, 2.05) is 12.1 Å². The molecule has 0 aromatic heterocycles. The predicted molar refractivity (Wildman–Crippen MR) is 91.4 cm³/mol. The molecule has 1 aliphatic rings. The molecule has 0 radical (unpaired) electrons. The Balaban J connectivity index is 1.63. The summed E-state index contributed by atoms with van der Waals surface area (Å²) in [6.45, 7) is 0.336. The number of benzene rings is 2. The first-order valence-electron chi connectivity index (χ1n) is 7.70. The fraction of sp³-hybridized carbons (Fsp3) is 0.235. The van der Waals surface area contributed by atoms with Crippen LogP contribution in [0.5, 0.6) is 11.5 Å². The van der Waals surface area contributed by atoms with Crippen LogP contribution in [0.3, 0.4) is 0 Å². The van der Waals surface area contributed by atoms with Crippen LogP contribution in [-0.4, -0.2) is 40.6 Å². The van der Waals surface area contributed by atoms with Crippen molar-refractivity contribution in [2.75, 3.05) is 20.2 Å². The molecule has 0 aliphatic carbocycles. The van der Waals surface area contributed by atoms with E-state index in [0.29, 0.717) is 17.1 Å². The SMILES string of the molecule is CNC(=O)c1ccc(S(=O)(=O)NCC2COc3ccccc3O2)cc1. The van der Waals surface area contributed by atoms with Gasteiger partial charge in [-0.25, -0.2) is 13.1 Å². The van der Waals surface area contributed by atoms with Crippen LogP contribution in [0.25, 0.3) is 0 Å². The van der Waals surface area contributed by atoms with Crippen LogP contribution in [0.2, 0.25) is 0 Å². The molecule has 2 aromatic rings. The van der Waals surface area contributed by atoms with Crippen molar-refractivity contribution in [2.24, 2.45) is 0 Å². The van der Waals surface area contributed by atoms with Gasteiger partial charge in [0.2, 0.25) is 10.0 Å². The monoisotopic (exact) mass is 362 g/mol. The molecule has 8 heteroatoms. The molecule has 1 amide bonds. The highest BCUT2D eigenvalue weighted by atomic mass is 32.2. The number of hydrogen-bond donors (Lipinski definition) is 2. The fourth-order valence-electron chi connectivity index (χ4n) is 2.38. The van der Waals surface area contributed by atoms with E-state index >= 15 is 0 Å². The molecule has 0 bridgehead atoms. The van der Waals surface area contributed by atoms with Gasteiger partial charge in [0, 0.05) is 12.6 Å². The number of rotatable bonds is 5. The number of amides is 1. The Bertz CT molecular complexity index is 865. The molecule has 0 fully saturated rings. The van der Waals surface area contributed by atoms with Crippen LogP contribution < -0.4 is 19.5 Å². The Kier molecular flexibility index (Phi) is 4.91. The van der Waals surface area contributed by atoms with Gasteiger partial charge in [0.1, 0.15) is 12.7 Å². The summed E-state index contributed by atoms with van der Waals surface area (Å²) in [5.74, 6) is 0.961. The van der Waals surface area contributed by atoms with Crippen molar-refractivity contribution in [1.82, 2.24) is 10.0 Å². The van der Waals surface area contributed by atoms with Crippen LogP contribution in [0.1, 0.15) is 10.4 Å². The zero-order chi connectivity index (χ0) is 17.9. The van der Waals surface area contributed by atoms with Gasteiger partial charge >= 0.3 is 0 Å². The molecule has 0 saturated heterocycles. The van der Waals surface area contributed by atoms with Gasteiger partial charge in [0.15, 0.2) is 11.5 Å². The number of para-hydroxylation sites is 2. The summed E-state index contributed by atoms with van der Waals surface area (Å²) in [5.41, 5.74) is 0.391. The lowest BCUT2D eigenvalue weighted by Crippen LogP contribution is -2.40. The summed E-state index contributed by atoms with van der Waals surface area (Å²) in [7, 11) is -2.19. The van der Waals surface area contributed by atoms with Gasteiger partial charge in [-0.3, -0.25) is 4.79 Å². The fourth-order valence-corrected chi connectivity index (χ4v) is 3.45. The average molecular weight is 362 g/mol. The van der Waals surface area contributed by atoms with Crippen molar-refractivity contribution < 1.29 is 22.7 Å². The Morgan fingerprint density at radius 1 is 1.12 bits per heavy atom. The summed E-state index contributed by atoms with van der Waals surface area (Å²) in [6, 6.07) is 12.9. The maximum absolute atomic E-state index is 12.4. The van der Waals surface area contributed by atoms with Crippen molar-refractivity contribution in [3.63, 3.8) is 0 Å². The maximum atomic E-state index is 12.4. The number of carbonyl (C=O) groups excluding carboxylic acids is 1. The van der Waals surface area contributed by atoms with Crippen LogP contribution in [0.15, 0.2) is 53.4 Å². The molecule has 1 aliphatic heterocycles. The minimum absolute atomic E-state index is 0.0772. The minimum atomic E-state index is -3.70. The molecule has 3 rings (SSSR count). The van der Waals surface area contributed by atoms with Crippen molar-refractivity contribution >= 4 is 15.9 Å². The number of nitrogens with one attached hydrogen (secondary N) is 2. The Morgan fingerprint density at radius 3 is 2.48 bits per heavy atom. The van der Waals surface area contributed by atoms with Crippen LogP contribution >= 0.6 is 0 Å². The number of fused-ring (bicyclic) bond motifs is 1. The maximum Gasteiger partial charge on any atom is 0.251 e. The average Bonchev–Trinajstić information content (AvgIpc) is 2.65. The zero-order valence-electron chi connectivity index (χ0n) is 13.6. The third-order valence-corrected chi connectivity index (χ3v) is 5.16. The topological polar surface area (TPSA) is 93.7 Å². The lowest BCUT2D eigenvalue weighted by Gasteiger charge is -2.26. The molecule has 2 N–H and O–H groups in total. The summed E-state index contributed by atoms with van der Waals surface area (Å²) < 4.78 is 38.5. The van der Waals surface area contributed by atoms with Gasteiger partial charge in [-0.2, -0.15) is 0 Å². The van der Waals surface area contributed by atoms with E-state index in [2.05, 4.69) is 10.0 Å².